The molecule has 0 atom stereocenters. The molecule has 1 aromatic carbocycles. The largest absolute Gasteiger partial charge is 0.321 e. The van der Waals surface area contributed by atoms with Gasteiger partial charge in [-0.05, 0) is 31.0 Å². The van der Waals surface area contributed by atoms with Crippen molar-refractivity contribution in [1.82, 2.24) is 0 Å². The lowest BCUT2D eigenvalue weighted by Gasteiger charge is -2.08. The Hall–Kier alpha value is -1.92. The molecule has 104 valence electrons. The van der Waals surface area contributed by atoms with Crippen LogP contribution in [-0.4, -0.2) is 10.8 Å². The van der Waals surface area contributed by atoms with Gasteiger partial charge in [0.2, 0.25) is 0 Å². The first-order valence-electron chi connectivity index (χ1n) is 5.71. The second kappa shape index (κ2) is 5.60. The van der Waals surface area contributed by atoms with Crippen molar-refractivity contribution in [1.29, 1.82) is 0 Å². The molecular weight excluding hydrogens is 300 g/mol. The van der Waals surface area contributed by atoms with Gasteiger partial charge < -0.3 is 5.32 Å². The lowest BCUT2D eigenvalue weighted by molar-refractivity contribution is -0.384. The number of anilines is 1. The molecule has 0 radical (unpaired) electrons. The molecule has 20 heavy (non-hydrogen) atoms. The van der Waals surface area contributed by atoms with Crippen LogP contribution < -0.4 is 5.32 Å². The summed E-state index contributed by atoms with van der Waals surface area (Å²) in [6.45, 7) is 3.79. The highest BCUT2D eigenvalue weighted by molar-refractivity contribution is 7.18. The predicted octanol–water partition coefficient (Wildman–Crippen LogP) is 4.18. The maximum atomic E-state index is 12.1. The number of nitrogens with zero attached hydrogens (tertiary/aromatic N) is 1. The average molecular weight is 311 g/mol. The van der Waals surface area contributed by atoms with Crippen molar-refractivity contribution in [3.05, 3.63) is 54.7 Å². The van der Waals surface area contributed by atoms with Crippen molar-refractivity contribution in [3.8, 4) is 0 Å². The van der Waals surface area contributed by atoms with E-state index in [2.05, 4.69) is 5.32 Å². The summed E-state index contributed by atoms with van der Waals surface area (Å²) in [5.41, 5.74) is 2.37. The average Bonchev–Trinajstić information content (AvgIpc) is 2.76. The quantitative estimate of drug-likeness (QED) is 0.682. The second-order valence-corrected chi connectivity index (χ2v) is 5.95. The van der Waals surface area contributed by atoms with Gasteiger partial charge in [-0.1, -0.05) is 23.7 Å². The lowest BCUT2D eigenvalue weighted by Crippen LogP contribution is -2.11. The molecule has 1 N–H and O–H groups in total. The summed E-state index contributed by atoms with van der Waals surface area (Å²) < 4.78 is 0.00103. The van der Waals surface area contributed by atoms with Crippen LogP contribution in [-0.2, 0) is 0 Å². The van der Waals surface area contributed by atoms with Gasteiger partial charge in [-0.3, -0.25) is 14.9 Å². The number of hydrogen-bond donors (Lipinski definition) is 1. The molecular formula is C13H11ClN2O3S. The summed E-state index contributed by atoms with van der Waals surface area (Å²) in [6, 6.07) is 6.87. The number of rotatable bonds is 3. The first-order valence-corrected chi connectivity index (χ1v) is 6.90. The highest BCUT2D eigenvalue weighted by Crippen LogP contribution is 2.34. The third-order valence-corrected chi connectivity index (χ3v) is 4.07. The first-order chi connectivity index (χ1) is 9.38. The maximum absolute atomic E-state index is 12.1. The standard InChI is InChI=1S/C13H11ClN2O3S/c1-7-3-4-8(2)9(5-7)15-13(17)11-6-10(16(18)19)12(14)20-11/h3-6H,1-2H3,(H,15,17). The number of amides is 1. The van der Waals surface area contributed by atoms with E-state index in [1.165, 1.54) is 6.07 Å². The molecule has 0 unspecified atom stereocenters. The maximum Gasteiger partial charge on any atom is 0.299 e. The van der Waals surface area contributed by atoms with Crippen LogP contribution in [0.25, 0.3) is 0 Å². The van der Waals surface area contributed by atoms with Crippen molar-refractivity contribution < 1.29 is 9.72 Å². The number of hydrogen-bond acceptors (Lipinski definition) is 4. The Kier molecular flexibility index (Phi) is 4.06. The Balaban J connectivity index is 2.26. The van der Waals surface area contributed by atoms with Crippen molar-refractivity contribution in [2.24, 2.45) is 0 Å². The van der Waals surface area contributed by atoms with E-state index in [1.807, 2.05) is 32.0 Å². The highest BCUT2D eigenvalue weighted by Gasteiger charge is 2.21. The molecule has 2 aromatic rings. The van der Waals surface area contributed by atoms with Crippen LogP contribution in [0.15, 0.2) is 24.3 Å². The van der Waals surface area contributed by atoms with Crippen LogP contribution in [0.1, 0.15) is 20.8 Å². The SMILES string of the molecule is Cc1ccc(C)c(NC(=O)c2cc([N+](=O)[O-])c(Cl)s2)c1. The molecule has 0 bridgehead atoms. The Labute approximate surface area is 124 Å². The van der Waals surface area contributed by atoms with Gasteiger partial charge in [0.15, 0.2) is 4.34 Å². The molecule has 0 aliphatic rings. The number of halogens is 1. The minimum atomic E-state index is -0.604. The van der Waals surface area contributed by atoms with E-state index in [1.54, 1.807) is 0 Å². The molecule has 2 rings (SSSR count). The Bertz CT molecular complexity index is 697. The Morgan fingerprint density at radius 3 is 2.65 bits per heavy atom. The van der Waals surface area contributed by atoms with E-state index in [0.717, 1.165) is 22.5 Å². The molecule has 0 saturated heterocycles. The van der Waals surface area contributed by atoms with Crippen molar-refractivity contribution >= 4 is 40.2 Å². The summed E-state index contributed by atoms with van der Waals surface area (Å²) >= 11 is 6.63. The van der Waals surface area contributed by atoms with Gasteiger partial charge in [0, 0.05) is 11.8 Å². The van der Waals surface area contributed by atoms with E-state index in [9.17, 15) is 14.9 Å². The number of aryl methyl sites for hydroxylation is 2. The molecule has 5 nitrogen and oxygen atoms in total. The smallest absolute Gasteiger partial charge is 0.299 e. The van der Waals surface area contributed by atoms with Crippen molar-refractivity contribution in [3.63, 3.8) is 0 Å². The van der Waals surface area contributed by atoms with Gasteiger partial charge in [-0.15, -0.1) is 11.3 Å². The van der Waals surface area contributed by atoms with Gasteiger partial charge in [-0.2, -0.15) is 0 Å². The number of carbonyl (C=O) groups is 1. The minimum absolute atomic E-state index is 0.00103. The number of thiophene rings is 1. The molecule has 0 fully saturated rings. The van der Waals surface area contributed by atoms with Crippen LogP contribution in [0, 0.1) is 24.0 Å². The van der Waals surface area contributed by atoms with Gasteiger partial charge >= 0.3 is 0 Å². The molecule has 1 amide bonds. The molecule has 1 aromatic heterocycles. The Morgan fingerprint density at radius 2 is 2.05 bits per heavy atom. The van der Waals surface area contributed by atoms with Crippen LogP contribution >= 0.6 is 22.9 Å². The van der Waals surface area contributed by atoms with E-state index < -0.39 is 10.8 Å². The van der Waals surface area contributed by atoms with Gasteiger partial charge in [0.1, 0.15) is 4.88 Å². The van der Waals surface area contributed by atoms with Gasteiger partial charge in [0.05, 0.1) is 4.92 Å². The second-order valence-electron chi connectivity index (χ2n) is 4.30. The number of nitrogens with one attached hydrogen (secondary N) is 1. The molecule has 0 spiro atoms. The van der Waals surface area contributed by atoms with Crippen LogP contribution in [0.5, 0.6) is 0 Å². The third-order valence-electron chi connectivity index (χ3n) is 2.73. The molecule has 0 saturated carbocycles. The molecule has 0 aliphatic carbocycles. The predicted molar refractivity (Wildman–Crippen MR) is 79.9 cm³/mol. The highest BCUT2D eigenvalue weighted by atomic mass is 35.5. The third kappa shape index (κ3) is 2.97. The summed E-state index contributed by atoms with van der Waals surface area (Å²) in [5.74, 6) is -0.404. The fourth-order valence-corrected chi connectivity index (χ4v) is 2.77. The van der Waals surface area contributed by atoms with E-state index in [0.29, 0.717) is 5.69 Å². The van der Waals surface area contributed by atoms with Crippen LogP contribution in [0.3, 0.4) is 0 Å². The zero-order valence-corrected chi connectivity index (χ0v) is 12.3. The van der Waals surface area contributed by atoms with E-state index >= 15 is 0 Å². The summed E-state index contributed by atoms with van der Waals surface area (Å²) in [4.78, 5) is 22.4. The molecule has 0 aliphatic heterocycles. The van der Waals surface area contributed by atoms with Crippen molar-refractivity contribution in [2.75, 3.05) is 5.32 Å². The normalized spacial score (nSPS) is 10.3. The minimum Gasteiger partial charge on any atom is -0.321 e. The van der Waals surface area contributed by atoms with E-state index in [-0.39, 0.29) is 14.9 Å². The fourth-order valence-electron chi connectivity index (χ4n) is 1.65. The molecule has 7 heteroatoms. The summed E-state index contributed by atoms with van der Waals surface area (Å²) in [7, 11) is 0. The molecule has 1 heterocycles. The van der Waals surface area contributed by atoms with E-state index in [4.69, 9.17) is 11.6 Å². The van der Waals surface area contributed by atoms with Crippen LogP contribution in [0.2, 0.25) is 4.34 Å². The summed E-state index contributed by atoms with van der Waals surface area (Å²) in [5, 5.41) is 13.4. The zero-order chi connectivity index (χ0) is 14.9. The van der Waals surface area contributed by atoms with Gasteiger partial charge in [0.25, 0.3) is 11.6 Å². The number of benzene rings is 1. The topological polar surface area (TPSA) is 72.2 Å². The number of nitro groups is 1. The Morgan fingerprint density at radius 1 is 1.35 bits per heavy atom. The zero-order valence-electron chi connectivity index (χ0n) is 10.8. The lowest BCUT2D eigenvalue weighted by atomic mass is 10.1. The van der Waals surface area contributed by atoms with Crippen LogP contribution in [0.4, 0.5) is 11.4 Å². The number of carbonyl (C=O) groups excluding carboxylic acids is 1. The summed E-state index contributed by atoms with van der Waals surface area (Å²) in [6.07, 6.45) is 0. The van der Waals surface area contributed by atoms with Crippen molar-refractivity contribution in [2.45, 2.75) is 13.8 Å². The first kappa shape index (κ1) is 14.5. The fraction of sp³-hybridized carbons (Fsp3) is 0.154. The van der Waals surface area contributed by atoms with Gasteiger partial charge in [-0.25, -0.2) is 0 Å². The monoisotopic (exact) mass is 310 g/mol.